The molecule has 2 N–H and O–H groups in total. The molecule has 1 aromatic rings. The van der Waals surface area contributed by atoms with Crippen LogP contribution in [-0.4, -0.2) is 58.9 Å². The summed E-state index contributed by atoms with van der Waals surface area (Å²) in [4.78, 5) is 25.4. The van der Waals surface area contributed by atoms with Crippen molar-refractivity contribution in [1.29, 1.82) is 0 Å². The lowest BCUT2D eigenvalue weighted by atomic mass is 9.90. The van der Waals surface area contributed by atoms with Gasteiger partial charge in [-0.1, -0.05) is 31.9 Å². The normalized spacial score (nSPS) is 19.4. The highest BCUT2D eigenvalue weighted by Gasteiger charge is 2.40. The summed E-state index contributed by atoms with van der Waals surface area (Å²) >= 11 is 0. The number of aliphatic hydroxyl groups excluding tert-OH is 1. The van der Waals surface area contributed by atoms with E-state index in [4.69, 9.17) is 9.84 Å². The molecule has 0 bridgehead atoms. The largest absolute Gasteiger partial charge is 0.494 e. The Balaban J connectivity index is 1.98. The van der Waals surface area contributed by atoms with E-state index in [0.717, 1.165) is 30.6 Å². The first kappa shape index (κ1) is 21.2. The average Bonchev–Trinajstić information content (AvgIpc) is 2.96. The summed E-state index contributed by atoms with van der Waals surface area (Å²) in [6.07, 6.45) is 3.92. The highest BCUT2D eigenvalue weighted by Crippen LogP contribution is 2.31. The van der Waals surface area contributed by atoms with Crippen LogP contribution in [0.3, 0.4) is 0 Å². The third-order valence-electron chi connectivity index (χ3n) is 4.95. The molecule has 1 saturated heterocycles. The quantitative estimate of drug-likeness (QED) is 0.251. The zero-order chi connectivity index (χ0) is 19.6. The number of ether oxygens (including phenoxy) is 1. The Hall–Kier alpha value is -2.12. The number of carbonyl (C=O) groups excluding carboxylic acids is 2. The van der Waals surface area contributed by atoms with Crippen LogP contribution in [-0.2, 0) is 16.1 Å². The van der Waals surface area contributed by atoms with Gasteiger partial charge in [0.25, 0.3) is 0 Å². The standard InChI is InChI=1S/C20H30N2O5/c1-2-3-5-17-13-21(20(25)19(17)14-22(26)15-24)12-16-6-8-18(9-7-16)27-11-4-10-23/h6-9,15,17,19,23,26H,2-5,10-14H2,1H3. The third kappa shape index (κ3) is 6.22. The number of nitrogens with zero attached hydrogens (tertiary/aromatic N) is 2. The molecule has 150 valence electrons. The van der Waals surface area contributed by atoms with Gasteiger partial charge in [0.2, 0.25) is 12.3 Å². The Kier molecular flexibility index (Phi) is 8.54. The van der Waals surface area contributed by atoms with Gasteiger partial charge in [0.15, 0.2) is 0 Å². The zero-order valence-electron chi connectivity index (χ0n) is 15.9. The zero-order valence-corrected chi connectivity index (χ0v) is 15.9. The second-order valence-corrected chi connectivity index (χ2v) is 7.02. The topological polar surface area (TPSA) is 90.3 Å². The van der Waals surface area contributed by atoms with Crippen LogP contribution in [0, 0.1) is 11.8 Å². The van der Waals surface area contributed by atoms with E-state index in [-0.39, 0.29) is 30.9 Å². The number of hydrogen-bond donors (Lipinski definition) is 2. The van der Waals surface area contributed by atoms with Crippen LogP contribution in [0.2, 0.25) is 0 Å². The summed E-state index contributed by atoms with van der Waals surface area (Å²) < 4.78 is 5.52. The highest BCUT2D eigenvalue weighted by atomic mass is 16.5. The second-order valence-electron chi connectivity index (χ2n) is 7.02. The molecule has 0 radical (unpaired) electrons. The Morgan fingerprint density at radius 1 is 1.30 bits per heavy atom. The predicted molar refractivity (Wildman–Crippen MR) is 100 cm³/mol. The Morgan fingerprint density at radius 2 is 2.04 bits per heavy atom. The summed E-state index contributed by atoms with van der Waals surface area (Å²) in [6.45, 7) is 3.87. The molecule has 0 saturated carbocycles. The number of aliphatic hydroxyl groups is 1. The van der Waals surface area contributed by atoms with Gasteiger partial charge in [-0.2, -0.15) is 0 Å². The fourth-order valence-corrected chi connectivity index (χ4v) is 3.48. The van der Waals surface area contributed by atoms with Gasteiger partial charge < -0.3 is 14.7 Å². The molecular formula is C20H30N2O5. The van der Waals surface area contributed by atoms with Crippen molar-refractivity contribution in [2.45, 2.75) is 39.2 Å². The molecule has 1 fully saturated rings. The SMILES string of the molecule is CCCCC1CN(Cc2ccc(OCCCO)cc2)C(=O)C1CN(O)C=O. The van der Waals surface area contributed by atoms with Crippen molar-refractivity contribution >= 4 is 12.3 Å². The van der Waals surface area contributed by atoms with E-state index in [0.29, 0.717) is 37.6 Å². The first-order valence-electron chi connectivity index (χ1n) is 9.61. The molecule has 1 aliphatic heterocycles. The number of unbranched alkanes of at least 4 members (excludes halogenated alkanes) is 1. The van der Waals surface area contributed by atoms with Crippen LogP contribution < -0.4 is 4.74 Å². The van der Waals surface area contributed by atoms with Crippen molar-refractivity contribution in [3.63, 3.8) is 0 Å². The molecule has 2 atom stereocenters. The van der Waals surface area contributed by atoms with Crippen molar-refractivity contribution < 1.29 is 24.6 Å². The number of hydroxylamine groups is 2. The van der Waals surface area contributed by atoms with Crippen molar-refractivity contribution in [2.75, 3.05) is 26.3 Å². The molecule has 2 rings (SSSR count). The third-order valence-corrected chi connectivity index (χ3v) is 4.95. The van der Waals surface area contributed by atoms with Crippen LogP contribution in [0.5, 0.6) is 5.75 Å². The van der Waals surface area contributed by atoms with E-state index in [1.807, 2.05) is 29.2 Å². The first-order chi connectivity index (χ1) is 13.1. The molecular weight excluding hydrogens is 348 g/mol. The van der Waals surface area contributed by atoms with E-state index in [1.165, 1.54) is 0 Å². The van der Waals surface area contributed by atoms with Crippen molar-refractivity contribution in [3.05, 3.63) is 29.8 Å². The molecule has 1 aromatic carbocycles. The second kappa shape index (κ2) is 10.9. The van der Waals surface area contributed by atoms with Crippen molar-refractivity contribution in [3.8, 4) is 5.75 Å². The minimum Gasteiger partial charge on any atom is -0.494 e. The smallest absolute Gasteiger partial charge is 0.233 e. The van der Waals surface area contributed by atoms with Crippen LogP contribution in [0.25, 0.3) is 0 Å². The maximum absolute atomic E-state index is 12.8. The van der Waals surface area contributed by atoms with Crippen LogP contribution in [0.15, 0.2) is 24.3 Å². The Labute approximate surface area is 160 Å². The first-order valence-corrected chi connectivity index (χ1v) is 9.61. The number of benzene rings is 1. The Bertz CT molecular complexity index is 593. The van der Waals surface area contributed by atoms with E-state index in [2.05, 4.69) is 6.92 Å². The van der Waals surface area contributed by atoms with Gasteiger partial charge >= 0.3 is 0 Å². The van der Waals surface area contributed by atoms with E-state index >= 15 is 0 Å². The molecule has 7 nitrogen and oxygen atoms in total. The number of rotatable bonds is 12. The van der Waals surface area contributed by atoms with Crippen LogP contribution >= 0.6 is 0 Å². The molecule has 1 heterocycles. The van der Waals surface area contributed by atoms with E-state index < -0.39 is 0 Å². The van der Waals surface area contributed by atoms with Crippen molar-refractivity contribution in [2.24, 2.45) is 11.8 Å². The van der Waals surface area contributed by atoms with Gasteiger partial charge in [-0.15, -0.1) is 0 Å². The van der Waals surface area contributed by atoms with Gasteiger partial charge in [0.1, 0.15) is 5.75 Å². The monoisotopic (exact) mass is 378 g/mol. The fraction of sp³-hybridized carbons (Fsp3) is 0.600. The molecule has 0 aliphatic carbocycles. The molecule has 0 aromatic heterocycles. The molecule has 1 aliphatic rings. The minimum atomic E-state index is -0.354. The number of likely N-dealkylation sites (tertiary alicyclic amines) is 1. The van der Waals surface area contributed by atoms with Gasteiger partial charge in [-0.05, 0) is 30.0 Å². The molecule has 27 heavy (non-hydrogen) atoms. The lowest BCUT2D eigenvalue weighted by Crippen LogP contribution is -2.33. The summed E-state index contributed by atoms with van der Waals surface area (Å²) in [7, 11) is 0. The summed E-state index contributed by atoms with van der Waals surface area (Å²) in [5, 5.41) is 18.9. The predicted octanol–water partition coefficient (Wildman–Crippen LogP) is 2.06. The fourth-order valence-electron chi connectivity index (χ4n) is 3.48. The average molecular weight is 378 g/mol. The van der Waals surface area contributed by atoms with E-state index in [9.17, 15) is 14.8 Å². The maximum atomic E-state index is 12.8. The minimum absolute atomic E-state index is 0.0136. The maximum Gasteiger partial charge on any atom is 0.233 e. The number of hydrogen-bond acceptors (Lipinski definition) is 5. The van der Waals surface area contributed by atoms with Crippen LogP contribution in [0.1, 0.15) is 38.2 Å². The van der Waals surface area contributed by atoms with Gasteiger partial charge in [0, 0.05) is 26.1 Å². The van der Waals surface area contributed by atoms with Gasteiger partial charge in [-0.3, -0.25) is 14.8 Å². The molecule has 2 amide bonds. The molecule has 2 unspecified atom stereocenters. The molecule has 0 spiro atoms. The van der Waals surface area contributed by atoms with Gasteiger partial charge in [-0.25, -0.2) is 5.06 Å². The lowest BCUT2D eigenvalue weighted by molar-refractivity contribution is -0.155. The lowest BCUT2D eigenvalue weighted by Gasteiger charge is -2.19. The van der Waals surface area contributed by atoms with Gasteiger partial charge in [0.05, 0.1) is 19.1 Å². The Morgan fingerprint density at radius 3 is 2.67 bits per heavy atom. The van der Waals surface area contributed by atoms with E-state index in [1.54, 1.807) is 0 Å². The summed E-state index contributed by atoms with van der Waals surface area (Å²) in [6, 6.07) is 7.59. The van der Waals surface area contributed by atoms with Crippen molar-refractivity contribution in [1.82, 2.24) is 9.96 Å². The summed E-state index contributed by atoms with van der Waals surface area (Å²) in [5.41, 5.74) is 1.00. The highest BCUT2D eigenvalue weighted by molar-refractivity contribution is 5.81. The van der Waals surface area contributed by atoms with Crippen LogP contribution in [0.4, 0.5) is 0 Å². The molecule has 7 heteroatoms. The number of amides is 2. The summed E-state index contributed by atoms with van der Waals surface area (Å²) in [5.74, 6) is 0.516. The number of carbonyl (C=O) groups is 2.